The largest absolute Gasteiger partial charge is 0.462 e. The predicted octanol–water partition coefficient (Wildman–Crippen LogP) is 1.40. The highest BCUT2D eigenvalue weighted by atomic mass is 16.4. The summed E-state index contributed by atoms with van der Waals surface area (Å²) in [6.07, 6.45) is 3.21. The molecule has 7 nitrogen and oxygen atoms in total. The second kappa shape index (κ2) is 7.01. The predicted molar refractivity (Wildman–Crippen MR) is 90.2 cm³/mol. The number of carbonyl (C=O) groups excluding carboxylic acids is 1. The van der Waals surface area contributed by atoms with Gasteiger partial charge in [0.25, 0.3) is 0 Å². The van der Waals surface area contributed by atoms with Crippen molar-refractivity contribution in [1.82, 2.24) is 20.0 Å². The first-order valence-electron chi connectivity index (χ1n) is 8.95. The summed E-state index contributed by atoms with van der Waals surface area (Å²) in [4.78, 5) is 14.2. The van der Waals surface area contributed by atoms with E-state index < -0.39 is 0 Å². The molecule has 0 spiro atoms. The smallest absolute Gasteiger partial charge is 0.223 e. The molecule has 4 rings (SSSR count). The molecule has 0 atom stereocenters. The zero-order valence-electron chi connectivity index (χ0n) is 14.3. The van der Waals surface area contributed by atoms with E-state index in [9.17, 15) is 4.79 Å². The minimum atomic E-state index is -0.0668. The van der Waals surface area contributed by atoms with Crippen molar-refractivity contribution in [2.75, 3.05) is 6.54 Å². The summed E-state index contributed by atoms with van der Waals surface area (Å²) in [5, 5.41) is 16.7. The van der Waals surface area contributed by atoms with Gasteiger partial charge in [-0.2, -0.15) is 5.10 Å². The van der Waals surface area contributed by atoms with Crippen molar-refractivity contribution in [1.29, 1.82) is 0 Å². The number of nitrogens with zero attached hydrogens (tertiary/aromatic N) is 3. The van der Waals surface area contributed by atoms with Gasteiger partial charge in [-0.15, -0.1) is 0 Å². The number of aliphatic hydroxyl groups is 1. The van der Waals surface area contributed by atoms with Crippen LogP contribution in [0.4, 0.5) is 0 Å². The maximum atomic E-state index is 11.9. The van der Waals surface area contributed by atoms with Gasteiger partial charge in [0, 0.05) is 19.0 Å². The lowest BCUT2D eigenvalue weighted by Crippen LogP contribution is -2.34. The first-order chi connectivity index (χ1) is 12.2. The van der Waals surface area contributed by atoms with Gasteiger partial charge in [0.1, 0.15) is 18.1 Å². The van der Waals surface area contributed by atoms with Crippen LogP contribution in [0.2, 0.25) is 0 Å². The highest BCUT2D eigenvalue weighted by molar-refractivity contribution is 5.79. The molecule has 134 valence electrons. The molecule has 2 aliphatic rings. The Kier molecular flexibility index (Phi) is 4.59. The maximum absolute atomic E-state index is 11.9. The zero-order chi connectivity index (χ0) is 17.2. The molecule has 25 heavy (non-hydrogen) atoms. The van der Waals surface area contributed by atoms with E-state index in [0.717, 1.165) is 56.2 Å². The van der Waals surface area contributed by atoms with Crippen LogP contribution >= 0.6 is 0 Å². The first-order valence-corrected chi connectivity index (χ1v) is 8.95. The second-order valence-electron chi connectivity index (χ2n) is 6.93. The van der Waals surface area contributed by atoms with Gasteiger partial charge in [0.15, 0.2) is 0 Å². The van der Waals surface area contributed by atoms with Crippen molar-refractivity contribution in [3.05, 3.63) is 41.1 Å². The van der Waals surface area contributed by atoms with E-state index >= 15 is 0 Å². The number of furan rings is 1. The number of carbonyl (C=O) groups is 1. The lowest BCUT2D eigenvalue weighted by atomic mass is 9.85. The number of amides is 1. The molecule has 0 bridgehead atoms. The molecule has 0 aromatic carbocycles. The van der Waals surface area contributed by atoms with Gasteiger partial charge in [-0.3, -0.25) is 14.4 Å². The van der Waals surface area contributed by atoms with Crippen LogP contribution in [0.25, 0.3) is 0 Å². The van der Waals surface area contributed by atoms with Gasteiger partial charge in [-0.1, -0.05) is 6.42 Å². The highest BCUT2D eigenvalue weighted by Crippen LogP contribution is 2.26. The van der Waals surface area contributed by atoms with Crippen molar-refractivity contribution >= 4 is 5.91 Å². The zero-order valence-corrected chi connectivity index (χ0v) is 14.3. The fourth-order valence-electron chi connectivity index (χ4n) is 3.41. The Balaban J connectivity index is 1.33. The molecule has 0 radical (unpaired) electrons. The molecule has 1 amide bonds. The molecule has 0 saturated heterocycles. The maximum Gasteiger partial charge on any atom is 0.223 e. The van der Waals surface area contributed by atoms with E-state index in [0.29, 0.717) is 12.3 Å². The number of rotatable bonds is 6. The normalized spacial score (nSPS) is 18.0. The van der Waals surface area contributed by atoms with Gasteiger partial charge in [0.2, 0.25) is 5.91 Å². The molecule has 2 aromatic rings. The van der Waals surface area contributed by atoms with E-state index in [1.54, 1.807) is 0 Å². The van der Waals surface area contributed by atoms with Crippen LogP contribution in [-0.2, 0) is 37.6 Å². The van der Waals surface area contributed by atoms with Crippen LogP contribution in [0.5, 0.6) is 0 Å². The van der Waals surface area contributed by atoms with Crippen LogP contribution < -0.4 is 5.32 Å². The standard InChI is InChI=1S/C18H24N4O3/c23-12-17-5-4-16(25-17)11-21-6-7-22-15(10-21)8-14(20-22)9-19-18(24)13-2-1-3-13/h4-5,8,13,23H,1-3,6-7,9-12H2,(H,19,24). The van der Waals surface area contributed by atoms with E-state index in [1.807, 2.05) is 16.8 Å². The van der Waals surface area contributed by atoms with Gasteiger partial charge in [0.05, 0.1) is 31.0 Å². The summed E-state index contributed by atoms with van der Waals surface area (Å²) in [6, 6.07) is 5.81. The van der Waals surface area contributed by atoms with Gasteiger partial charge in [-0.25, -0.2) is 0 Å². The number of aliphatic hydroxyl groups excluding tert-OH is 1. The van der Waals surface area contributed by atoms with Crippen molar-refractivity contribution in [3.63, 3.8) is 0 Å². The highest BCUT2D eigenvalue weighted by Gasteiger charge is 2.25. The van der Waals surface area contributed by atoms with Gasteiger partial charge < -0.3 is 14.8 Å². The molecule has 1 saturated carbocycles. The molecule has 2 N–H and O–H groups in total. The Bertz CT molecular complexity index is 747. The van der Waals surface area contributed by atoms with Crippen molar-refractivity contribution in [3.8, 4) is 0 Å². The molecule has 2 aromatic heterocycles. The molecule has 0 unspecified atom stereocenters. The molecule has 1 aliphatic heterocycles. The number of hydrogen-bond donors (Lipinski definition) is 2. The van der Waals surface area contributed by atoms with E-state index in [2.05, 4.69) is 21.4 Å². The number of hydrogen-bond acceptors (Lipinski definition) is 5. The third kappa shape index (κ3) is 3.62. The van der Waals surface area contributed by atoms with Crippen LogP contribution in [-0.4, -0.2) is 32.2 Å². The van der Waals surface area contributed by atoms with Crippen LogP contribution in [0.1, 0.15) is 42.2 Å². The van der Waals surface area contributed by atoms with Crippen LogP contribution in [0.15, 0.2) is 22.6 Å². The van der Waals surface area contributed by atoms with Crippen molar-refractivity contribution in [2.24, 2.45) is 5.92 Å². The summed E-state index contributed by atoms with van der Waals surface area (Å²) in [5.74, 6) is 1.84. The third-order valence-electron chi connectivity index (χ3n) is 5.10. The molecule has 1 fully saturated rings. The lowest BCUT2D eigenvalue weighted by molar-refractivity contribution is -0.127. The summed E-state index contributed by atoms with van der Waals surface area (Å²) >= 11 is 0. The Hall–Kier alpha value is -2.12. The fraction of sp³-hybridized carbons (Fsp3) is 0.556. The van der Waals surface area contributed by atoms with Crippen LogP contribution in [0, 0.1) is 5.92 Å². The summed E-state index contributed by atoms with van der Waals surface area (Å²) in [7, 11) is 0. The molecule has 1 aliphatic carbocycles. The Morgan fingerprint density at radius 2 is 2.16 bits per heavy atom. The summed E-state index contributed by atoms with van der Waals surface area (Å²) in [6.45, 7) is 3.70. The molecular formula is C18H24N4O3. The SMILES string of the molecule is O=C(NCc1cc2n(n1)CCN(Cc1ccc(CO)o1)C2)C1CCC1. The number of fused-ring (bicyclic) bond motifs is 1. The minimum Gasteiger partial charge on any atom is -0.462 e. The van der Waals surface area contributed by atoms with Crippen LogP contribution in [0.3, 0.4) is 0 Å². The molecular weight excluding hydrogens is 320 g/mol. The summed E-state index contributed by atoms with van der Waals surface area (Å²) in [5.41, 5.74) is 2.08. The Morgan fingerprint density at radius 3 is 2.88 bits per heavy atom. The molecule has 7 heteroatoms. The third-order valence-corrected chi connectivity index (χ3v) is 5.10. The van der Waals surface area contributed by atoms with Crippen molar-refractivity contribution < 1.29 is 14.3 Å². The average molecular weight is 344 g/mol. The molecule has 3 heterocycles. The fourth-order valence-corrected chi connectivity index (χ4v) is 3.41. The second-order valence-corrected chi connectivity index (χ2v) is 6.93. The lowest BCUT2D eigenvalue weighted by Gasteiger charge is -2.26. The average Bonchev–Trinajstić information content (AvgIpc) is 3.17. The van der Waals surface area contributed by atoms with E-state index in [4.69, 9.17) is 9.52 Å². The monoisotopic (exact) mass is 344 g/mol. The first kappa shape index (κ1) is 16.4. The van der Waals surface area contributed by atoms with E-state index in [-0.39, 0.29) is 18.4 Å². The number of aromatic nitrogens is 2. The minimum absolute atomic E-state index is 0.0668. The van der Waals surface area contributed by atoms with Gasteiger partial charge in [-0.05, 0) is 31.0 Å². The summed E-state index contributed by atoms with van der Waals surface area (Å²) < 4.78 is 7.60. The quantitative estimate of drug-likeness (QED) is 0.828. The van der Waals surface area contributed by atoms with Gasteiger partial charge >= 0.3 is 0 Å². The number of nitrogens with one attached hydrogen (secondary N) is 1. The Morgan fingerprint density at radius 1 is 1.32 bits per heavy atom. The van der Waals surface area contributed by atoms with Crippen molar-refractivity contribution in [2.45, 2.75) is 52.0 Å². The Labute approximate surface area is 146 Å². The topological polar surface area (TPSA) is 83.5 Å². The van der Waals surface area contributed by atoms with E-state index in [1.165, 1.54) is 6.42 Å².